The van der Waals surface area contributed by atoms with E-state index >= 15 is 0 Å². The van der Waals surface area contributed by atoms with E-state index in [0.717, 1.165) is 28.2 Å². The number of imidazole rings is 1. The van der Waals surface area contributed by atoms with Crippen molar-refractivity contribution in [2.75, 3.05) is 20.3 Å². The molecule has 2 aromatic carbocycles. The van der Waals surface area contributed by atoms with E-state index in [1.807, 2.05) is 42.5 Å². The summed E-state index contributed by atoms with van der Waals surface area (Å²) in [5.74, 6) is 2.16. The summed E-state index contributed by atoms with van der Waals surface area (Å²) in [6, 6.07) is 13.7. The summed E-state index contributed by atoms with van der Waals surface area (Å²) < 4.78 is 11.1. The van der Waals surface area contributed by atoms with Gasteiger partial charge in [0, 0.05) is 13.0 Å². The van der Waals surface area contributed by atoms with Crippen molar-refractivity contribution in [3.8, 4) is 11.5 Å². The van der Waals surface area contributed by atoms with Gasteiger partial charge in [0.05, 0.1) is 24.1 Å². The third kappa shape index (κ3) is 3.22. The molecule has 1 atom stereocenters. The number of hydrogen-bond acceptors (Lipinski definition) is 4. The number of methoxy groups -OCH3 is 1. The van der Waals surface area contributed by atoms with Crippen LogP contribution in [0.15, 0.2) is 42.5 Å². The fourth-order valence-electron chi connectivity index (χ4n) is 3.30. The van der Waals surface area contributed by atoms with Gasteiger partial charge in [-0.3, -0.25) is 4.79 Å². The lowest BCUT2D eigenvalue weighted by atomic mass is 9.95. The van der Waals surface area contributed by atoms with E-state index in [2.05, 4.69) is 15.3 Å². The van der Waals surface area contributed by atoms with Crippen LogP contribution in [-0.2, 0) is 17.6 Å². The van der Waals surface area contributed by atoms with Gasteiger partial charge < -0.3 is 19.8 Å². The Morgan fingerprint density at radius 3 is 3.04 bits per heavy atom. The maximum absolute atomic E-state index is 12.5. The Hall–Kier alpha value is -3.02. The first-order chi connectivity index (χ1) is 12.7. The Balaban J connectivity index is 1.33. The van der Waals surface area contributed by atoms with E-state index in [4.69, 9.17) is 9.47 Å². The number of benzene rings is 2. The van der Waals surface area contributed by atoms with Gasteiger partial charge >= 0.3 is 0 Å². The number of rotatable bonds is 5. The van der Waals surface area contributed by atoms with Crippen molar-refractivity contribution in [3.05, 3.63) is 53.9 Å². The predicted molar refractivity (Wildman–Crippen MR) is 98.5 cm³/mol. The minimum Gasteiger partial charge on any atom is -0.493 e. The van der Waals surface area contributed by atoms with E-state index in [-0.39, 0.29) is 11.8 Å². The number of H-pyrrole nitrogens is 1. The van der Waals surface area contributed by atoms with Crippen LogP contribution in [0.4, 0.5) is 0 Å². The minimum atomic E-state index is -0.190. The van der Waals surface area contributed by atoms with Crippen molar-refractivity contribution in [2.45, 2.75) is 12.8 Å². The zero-order chi connectivity index (χ0) is 17.9. The van der Waals surface area contributed by atoms with Crippen LogP contribution in [0, 0.1) is 5.92 Å². The summed E-state index contributed by atoms with van der Waals surface area (Å²) in [6.07, 6.45) is 1.32. The Morgan fingerprint density at radius 1 is 1.31 bits per heavy atom. The van der Waals surface area contributed by atoms with Crippen LogP contribution in [0.1, 0.15) is 11.4 Å². The summed E-state index contributed by atoms with van der Waals surface area (Å²) >= 11 is 0. The SMILES string of the molecule is COc1cccc2c1OC[C@@H](C(=O)NCCc1nc3ccccc3[nH]1)C2. The van der Waals surface area contributed by atoms with Gasteiger partial charge in [0.15, 0.2) is 11.5 Å². The number of aromatic nitrogens is 2. The molecule has 26 heavy (non-hydrogen) atoms. The summed E-state index contributed by atoms with van der Waals surface area (Å²) in [5, 5.41) is 2.99. The molecule has 0 radical (unpaired) electrons. The monoisotopic (exact) mass is 351 g/mol. The first-order valence-corrected chi connectivity index (χ1v) is 8.74. The molecule has 0 aliphatic carbocycles. The summed E-state index contributed by atoms with van der Waals surface area (Å²) in [5.41, 5.74) is 2.97. The molecule has 1 amide bonds. The van der Waals surface area contributed by atoms with Gasteiger partial charge in [0.2, 0.25) is 5.91 Å². The largest absolute Gasteiger partial charge is 0.493 e. The van der Waals surface area contributed by atoms with Crippen LogP contribution >= 0.6 is 0 Å². The lowest BCUT2D eigenvalue weighted by Crippen LogP contribution is -2.38. The molecule has 1 aliphatic rings. The number of carbonyl (C=O) groups excluding carboxylic acids is 1. The molecule has 0 fully saturated rings. The molecule has 0 saturated carbocycles. The lowest BCUT2D eigenvalue weighted by Gasteiger charge is -2.25. The quantitative estimate of drug-likeness (QED) is 0.740. The predicted octanol–water partition coefficient (Wildman–Crippen LogP) is 2.48. The van der Waals surface area contributed by atoms with Crippen LogP contribution < -0.4 is 14.8 Å². The third-order valence-electron chi connectivity index (χ3n) is 4.65. The average Bonchev–Trinajstić information content (AvgIpc) is 3.09. The first kappa shape index (κ1) is 16.4. The maximum atomic E-state index is 12.5. The molecular weight excluding hydrogens is 330 g/mol. The Labute approximate surface area is 151 Å². The van der Waals surface area contributed by atoms with E-state index in [9.17, 15) is 4.79 Å². The number of hydrogen-bond donors (Lipinski definition) is 2. The van der Waals surface area contributed by atoms with E-state index in [1.165, 1.54) is 0 Å². The minimum absolute atomic E-state index is 0.00887. The second kappa shape index (κ2) is 7.07. The molecule has 0 spiro atoms. The van der Waals surface area contributed by atoms with Crippen molar-refractivity contribution in [1.82, 2.24) is 15.3 Å². The van der Waals surface area contributed by atoms with Crippen LogP contribution in [0.5, 0.6) is 11.5 Å². The van der Waals surface area contributed by atoms with Crippen molar-refractivity contribution < 1.29 is 14.3 Å². The molecule has 0 bridgehead atoms. The van der Waals surface area contributed by atoms with Crippen molar-refractivity contribution in [1.29, 1.82) is 0 Å². The zero-order valence-electron chi connectivity index (χ0n) is 14.6. The van der Waals surface area contributed by atoms with Crippen molar-refractivity contribution in [3.63, 3.8) is 0 Å². The van der Waals surface area contributed by atoms with E-state index < -0.39 is 0 Å². The van der Waals surface area contributed by atoms with Crippen molar-refractivity contribution >= 4 is 16.9 Å². The van der Waals surface area contributed by atoms with Crippen LogP contribution in [0.2, 0.25) is 0 Å². The van der Waals surface area contributed by atoms with Gasteiger partial charge in [-0.1, -0.05) is 24.3 Å². The number of nitrogens with zero attached hydrogens (tertiary/aromatic N) is 1. The number of nitrogens with one attached hydrogen (secondary N) is 2. The van der Waals surface area contributed by atoms with Gasteiger partial charge in [-0.05, 0) is 30.2 Å². The molecule has 6 heteroatoms. The van der Waals surface area contributed by atoms with Gasteiger partial charge in [-0.15, -0.1) is 0 Å². The molecular formula is C20H21N3O3. The smallest absolute Gasteiger partial charge is 0.226 e. The standard InChI is InChI=1S/C20H21N3O3/c1-25-17-8-4-5-13-11-14(12-26-19(13)17)20(24)21-10-9-18-22-15-6-2-3-7-16(15)23-18/h2-8,14H,9-12H2,1H3,(H,21,24)(H,22,23)/t14-/m0/s1. The number of aromatic amines is 1. The fraction of sp³-hybridized carbons (Fsp3) is 0.300. The third-order valence-corrected chi connectivity index (χ3v) is 4.65. The second-order valence-corrected chi connectivity index (χ2v) is 6.40. The molecule has 1 aromatic heterocycles. The molecule has 6 nitrogen and oxygen atoms in total. The second-order valence-electron chi connectivity index (χ2n) is 6.40. The molecule has 4 rings (SSSR count). The highest BCUT2D eigenvalue weighted by Crippen LogP contribution is 2.35. The van der Waals surface area contributed by atoms with Crippen LogP contribution in [0.25, 0.3) is 11.0 Å². The zero-order valence-corrected chi connectivity index (χ0v) is 14.6. The molecule has 1 aliphatic heterocycles. The highest BCUT2D eigenvalue weighted by Gasteiger charge is 2.27. The molecule has 2 heterocycles. The van der Waals surface area contributed by atoms with Crippen molar-refractivity contribution in [2.24, 2.45) is 5.92 Å². The van der Waals surface area contributed by atoms with Crippen LogP contribution in [-0.4, -0.2) is 36.1 Å². The van der Waals surface area contributed by atoms with Gasteiger partial charge in [-0.2, -0.15) is 0 Å². The molecule has 2 N–H and O–H groups in total. The van der Waals surface area contributed by atoms with E-state index in [0.29, 0.717) is 31.7 Å². The highest BCUT2D eigenvalue weighted by molar-refractivity contribution is 5.80. The van der Waals surface area contributed by atoms with Gasteiger partial charge in [-0.25, -0.2) is 4.98 Å². The number of amides is 1. The molecule has 0 unspecified atom stereocenters. The van der Waals surface area contributed by atoms with E-state index in [1.54, 1.807) is 7.11 Å². The van der Waals surface area contributed by atoms with Crippen LogP contribution in [0.3, 0.4) is 0 Å². The topological polar surface area (TPSA) is 76.2 Å². The fourth-order valence-corrected chi connectivity index (χ4v) is 3.30. The maximum Gasteiger partial charge on any atom is 0.226 e. The highest BCUT2D eigenvalue weighted by atomic mass is 16.5. The van der Waals surface area contributed by atoms with Gasteiger partial charge in [0.25, 0.3) is 0 Å². The number of para-hydroxylation sites is 3. The Morgan fingerprint density at radius 2 is 2.19 bits per heavy atom. The first-order valence-electron chi connectivity index (χ1n) is 8.74. The lowest BCUT2D eigenvalue weighted by molar-refractivity contribution is -0.126. The Bertz CT molecular complexity index is 902. The Kier molecular flexibility index (Phi) is 4.48. The van der Waals surface area contributed by atoms with Gasteiger partial charge in [0.1, 0.15) is 12.4 Å². The average molecular weight is 351 g/mol. The molecule has 3 aromatic rings. The summed E-state index contributed by atoms with van der Waals surface area (Å²) in [6.45, 7) is 0.907. The summed E-state index contributed by atoms with van der Waals surface area (Å²) in [4.78, 5) is 20.3. The number of carbonyl (C=O) groups is 1. The molecule has 0 saturated heterocycles. The number of ether oxygens (including phenoxy) is 2. The number of fused-ring (bicyclic) bond motifs is 2. The normalized spacial score (nSPS) is 16.0. The molecule has 134 valence electrons. The summed E-state index contributed by atoms with van der Waals surface area (Å²) in [7, 11) is 1.62.